The average Bonchev–Trinajstić information content (AvgIpc) is 2.72. The summed E-state index contributed by atoms with van der Waals surface area (Å²) >= 11 is 3.20. The van der Waals surface area contributed by atoms with Gasteiger partial charge in [-0.05, 0) is 30.7 Å². The molecule has 0 fully saturated rings. The maximum absolute atomic E-state index is 11.5. The van der Waals surface area contributed by atoms with Gasteiger partial charge in [-0.1, -0.05) is 41.6 Å². The van der Waals surface area contributed by atoms with Crippen LogP contribution in [0.2, 0.25) is 0 Å². The lowest BCUT2D eigenvalue weighted by Crippen LogP contribution is -2.18. The first-order chi connectivity index (χ1) is 9.70. The number of hydrazone groups is 1. The number of aliphatic imine (C=N–C) groups is 1. The lowest BCUT2D eigenvalue weighted by molar-refractivity contribution is -0.117. The highest BCUT2D eigenvalue weighted by Gasteiger charge is 2.26. The van der Waals surface area contributed by atoms with Crippen LogP contribution in [0, 0.1) is 6.92 Å². The summed E-state index contributed by atoms with van der Waals surface area (Å²) in [6, 6.07) is 8.52. The van der Waals surface area contributed by atoms with Crippen molar-refractivity contribution in [3.8, 4) is 0 Å². The van der Waals surface area contributed by atoms with E-state index in [1.165, 1.54) is 22.9 Å². The minimum Gasteiger partial charge on any atom is -0.273 e. The van der Waals surface area contributed by atoms with Gasteiger partial charge < -0.3 is 0 Å². The van der Waals surface area contributed by atoms with E-state index in [9.17, 15) is 4.79 Å². The van der Waals surface area contributed by atoms with E-state index in [1.807, 2.05) is 5.01 Å². The predicted molar refractivity (Wildman–Crippen MR) is 85.9 cm³/mol. The Morgan fingerprint density at radius 3 is 2.95 bits per heavy atom. The Labute approximate surface area is 126 Å². The first-order valence-corrected chi connectivity index (χ1v) is 8.35. The fourth-order valence-corrected chi connectivity index (χ4v) is 3.90. The third kappa shape index (κ3) is 3.24. The fraction of sp³-hybridized carbons (Fsp3) is 0.357. The number of carbonyl (C=O) groups excluding carboxylic acids is 1. The van der Waals surface area contributed by atoms with Gasteiger partial charge in [-0.25, -0.2) is 5.01 Å². The Hall–Kier alpha value is -1.27. The van der Waals surface area contributed by atoms with Crippen molar-refractivity contribution < 1.29 is 4.79 Å². The maximum atomic E-state index is 11.5. The van der Waals surface area contributed by atoms with Crippen LogP contribution in [0.15, 0.2) is 34.4 Å². The first-order valence-electron chi connectivity index (χ1n) is 6.54. The summed E-state index contributed by atoms with van der Waals surface area (Å²) in [5.41, 5.74) is 2.55. The molecule has 1 aromatic carbocycles. The van der Waals surface area contributed by atoms with E-state index in [2.05, 4.69) is 41.3 Å². The minimum atomic E-state index is -0.0324. The Morgan fingerprint density at radius 2 is 2.15 bits per heavy atom. The quantitative estimate of drug-likeness (QED) is 0.841. The second-order valence-corrected chi connectivity index (χ2v) is 6.94. The molecule has 0 saturated heterocycles. The molecule has 20 heavy (non-hydrogen) atoms. The molecule has 2 aliphatic heterocycles. The second kappa shape index (κ2) is 6.01. The largest absolute Gasteiger partial charge is 0.273 e. The van der Waals surface area contributed by atoms with Crippen molar-refractivity contribution in [2.24, 2.45) is 10.1 Å². The smallest absolute Gasteiger partial charge is 0.248 e. The number of nitrogens with zero attached hydrogens (tertiary/aromatic N) is 3. The van der Waals surface area contributed by atoms with E-state index in [-0.39, 0.29) is 5.91 Å². The van der Waals surface area contributed by atoms with Gasteiger partial charge in [0.1, 0.15) is 0 Å². The predicted octanol–water partition coefficient (Wildman–Crippen LogP) is 3.22. The monoisotopic (exact) mass is 305 g/mol. The van der Waals surface area contributed by atoms with E-state index in [0.29, 0.717) is 6.42 Å². The number of hydrogen-bond acceptors (Lipinski definition) is 5. The molecule has 2 aliphatic rings. The lowest BCUT2D eigenvalue weighted by Gasteiger charge is -2.08. The van der Waals surface area contributed by atoms with Crippen LogP contribution in [0.4, 0.5) is 0 Å². The summed E-state index contributed by atoms with van der Waals surface area (Å²) < 4.78 is 0.971. The molecular weight excluding hydrogens is 290 g/mol. The van der Waals surface area contributed by atoms with Gasteiger partial charge in [0.2, 0.25) is 5.91 Å². The van der Waals surface area contributed by atoms with Crippen molar-refractivity contribution in [3.05, 3.63) is 35.4 Å². The zero-order valence-corrected chi connectivity index (χ0v) is 12.8. The van der Waals surface area contributed by atoms with E-state index in [1.54, 1.807) is 11.8 Å². The molecule has 104 valence electrons. The van der Waals surface area contributed by atoms with E-state index in [0.717, 1.165) is 28.3 Å². The standard InChI is InChI=1S/C14H15N3OS2/c1-10-4-6-11(7-5-10)9-19-14-16-17-8-2-3-12(18)15-13(17)20-14/h4-7H,2-3,8-9H2,1H3. The summed E-state index contributed by atoms with van der Waals surface area (Å²) in [4.78, 5) is 15.6. The Bertz CT molecular complexity index is 581. The van der Waals surface area contributed by atoms with E-state index >= 15 is 0 Å². The molecule has 0 bridgehead atoms. The molecular formula is C14H15N3OS2. The molecule has 0 radical (unpaired) electrons. The first kappa shape index (κ1) is 13.7. The molecule has 3 rings (SSSR count). The molecule has 0 atom stereocenters. The number of hydrogen-bond donors (Lipinski definition) is 0. The van der Waals surface area contributed by atoms with Crippen LogP contribution < -0.4 is 0 Å². The highest BCUT2D eigenvalue weighted by molar-refractivity contribution is 8.45. The molecule has 0 N–H and O–H groups in total. The van der Waals surface area contributed by atoms with Crippen LogP contribution in [0.1, 0.15) is 24.0 Å². The number of amides is 1. The van der Waals surface area contributed by atoms with Crippen molar-refractivity contribution in [1.29, 1.82) is 0 Å². The number of rotatable bonds is 2. The highest BCUT2D eigenvalue weighted by atomic mass is 32.2. The van der Waals surface area contributed by atoms with Crippen molar-refractivity contribution >= 4 is 39.0 Å². The summed E-state index contributed by atoms with van der Waals surface area (Å²) in [5.74, 6) is 0.858. The van der Waals surface area contributed by atoms with Crippen LogP contribution in [-0.2, 0) is 10.5 Å². The third-order valence-electron chi connectivity index (χ3n) is 3.07. The zero-order chi connectivity index (χ0) is 13.9. The lowest BCUT2D eigenvalue weighted by atomic mass is 10.2. The van der Waals surface area contributed by atoms with E-state index in [4.69, 9.17) is 0 Å². The van der Waals surface area contributed by atoms with Crippen molar-refractivity contribution in [2.45, 2.75) is 25.5 Å². The Balaban J connectivity index is 1.62. The number of aryl methyl sites for hydroxylation is 1. The topological polar surface area (TPSA) is 45.0 Å². The number of fused-ring (bicyclic) bond motifs is 1. The molecule has 0 unspecified atom stereocenters. The summed E-state index contributed by atoms with van der Waals surface area (Å²) in [5, 5.41) is 7.12. The van der Waals surface area contributed by atoms with Gasteiger partial charge in [-0.2, -0.15) is 10.1 Å². The van der Waals surface area contributed by atoms with Gasteiger partial charge >= 0.3 is 0 Å². The average molecular weight is 305 g/mol. The summed E-state index contributed by atoms with van der Waals surface area (Å²) in [6.45, 7) is 2.87. The number of amidine groups is 1. The van der Waals surface area contributed by atoms with Crippen molar-refractivity contribution in [1.82, 2.24) is 5.01 Å². The van der Waals surface area contributed by atoms with Gasteiger partial charge in [0, 0.05) is 18.7 Å². The van der Waals surface area contributed by atoms with E-state index < -0.39 is 0 Å². The van der Waals surface area contributed by atoms with Gasteiger partial charge in [0.25, 0.3) is 0 Å². The molecule has 0 aromatic heterocycles. The van der Waals surface area contributed by atoms with Gasteiger partial charge in [-0.3, -0.25) is 4.79 Å². The Kier molecular flexibility index (Phi) is 4.12. The van der Waals surface area contributed by atoms with Crippen molar-refractivity contribution in [3.63, 3.8) is 0 Å². The fourth-order valence-electron chi connectivity index (χ4n) is 1.95. The molecule has 1 aromatic rings. The van der Waals surface area contributed by atoms with Crippen LogP contribution in [-0.4, -0.2) is 27.0 Å². The third-order valence-corrected chi connectivity index (χ3v) is 5.22. The van der Waals surface area contributed by atoms with Crippen LogP contribution in [0.3, 0.4) is 0 Å². The summed E-state index contributed by atoms with van der Waals surface area (Å²) in [6.07, 6.45) is 1.35. The molecule has 6 heteroatoms. The molecule has 0 saturated carbocycles. The number of benzene rings is 1. The summed E-state index contributed by atoms with van der Waals surface area (Å²) in [7, 11) is 0. The zero-order valence-electron chi connectivity index (χ0n) is 11.2. The number of thioether (sulfide) groups is 2. The highest BCUT2D eigenvalue weighted by Crippen LogP contribution is 2.31. The van der Waals surface area contributed by atoms with Gasteiger partial charge in [-0.15, -0.1) is 0 Å². The maximum Gasteiger partial charge on any atom is 0.248 e. The molecule has 4 nitrogen and oxygen atoms in total. The van der Waals surface area contributed by atoms with Crippen molar-refractivity contribution in [2.75, 3.05) is 6.54 Å². The van der Waals surface area contributed by atoms with Crippen LogP contribution >= 0.6 is 23.5 Å². The number of carbonyl (C=O) groups is 1. The molecule has 2 heterocycles. The molecule has 0 spiro atoms. The minimum absolute atomic E-state index is 0.0324. The SMILES string of the molecule is Cc1ccc(CSC2=NN3CCCC(=O)N=C3S2)cc1. The van der Waals surface area contributed by atoms with Crippen LogP contribution in [0.5, 0.6) is 0 Å². The molecule has 1 amide bonds. The Morgan fingerprint density at radius 1 is 1.35 bits per heavy atom. The second-order valence-electron chi connectivity index (χ2n) is 4.76. The normalized spacial score (nSPS) is 18.4. The van der Waals surface area contributed by atoms with Gasteiger partial charge in [0.15, 0.2) is 9.54 Å². The molecule has 0 aliphatic carbocycles. The van der Waals surface area contributed by atoms with Crippen LogP contribution in [0.25, 0.3) is 0 Å². The van der Waals surface area contributed by atoms with Gasteiger partial charge in [0.05, 0.1) is 0 Å².